The van der Waals surface area contributed by atoms with Crippen LogP contribution in [0.4, 0.5) is 8.78 Å². The van der Waals surface area contributed by atoms with Crippen molar-refractivity contribution < 1.29 is 41.5 Å². The first kappa shape index (κ1) is 11.0. The van der Waals surface area contributed by atoms with Crippen molar-refractivity contribution in [2.75, 3.05) is 0 Å². The van der Waals surface area contributed by atoms with Crippen LogP contribution < -0.4 is 0 Å². The summed E-state index contributed by atoms with van der Waals surface area (Å²) in [5.74, 6) is -2.28. The van der Waals surface area contributed by atoms with Crippen LogP contribution in [0.5, 0.6) is 0 Å². The van der Waals surface area contributed by atoms with Gasteiger partial charge in [0.15, 0.2) is 0 Å². The van der Waals surface area contributed by atoms with Gasteiger partial charge in [0.1, 0.15) is 5.92 Å². The molecule has 0 heterocycles. The first-order valence-corrected chi connectivity index (χ1v) is 3.32. The maximum atomic E-state index is 12.4. The third-order valence-corrected chi connectivity index (χ3v) is 1.72. The molecule has 1 aliphatic carbocycles. The molecule has 0 spiro atoms. The summed E-state index contributed by atoms with van der Waals surface area (Å²) in [6.07, 6.45) is 2.68. The van der Waals surface area contributed by atoms with Crippen LogP contribution in [0, 0.1) is 12.3 Å². The average Bonchev–Trinajstić information content (AvgIpc) is 1.60. The van der Waals surface area contributed by atoms with Gasteiger partial charge in [-0.3, -0.25) is 6.42 Å². The average molecular weight is 222 g/mol. The molecule has 0 bridgehead atoms. The second-order valence-corrected chi connectivity index (χ2v) is 2.85. The minimum atomic E-state index is -2.47. The summed E-state index contributed by atoms with van der Waals surface area (Å²) in [5, 5.41) is 0. The van der Waals surface area contributed by atoms with Gasteiger partial charge in [-0.05, 0) is 12.3 Å². The van der Waals surface area contributed by atoms with Crippen LogP contribution in [0.3, 0.4) is 0 Å². The van der Waals surface area contributed by atoms with Crippen LogP contribution >= 0.6 is 0 Å². The zero-order valence-electron chi connectivity index (χ0n) is 6.11. The zero-order valence-corrected chi connectivity index (χ0v) is 8.95. The van der Waals surface area contributed by atoms with Gasteiger partial charge in [-0.15, -0.1) is 0 Å². The third-order valence-electron chi connectivity index (χ3n) is 1.72. The van der Waals surface area contributed by atoms with Crippen LogP contribution in [0.1, 0.15) is 26.2 Å². The first-order chi connectivity index (χ1) is 4.10. The Bertz CT molecular complexity index is 104. The fourth-order valence-corrected chi connectivity index (χ4v) is 1.23. The Morgan fingerprint density at radius 3 is 2.40 bits per heavy atom. The monoisotopic (exact) mass is 222 g/mol. The zero-order chi connectivity index (χ0) is 6.91. The molecule has 10 heavy (non-hydrogen) atoms. The molecule has 1 aliphatic rings. The second-order valence-electron chi connectivity index (χ2n) is 2.85. The molecule has 0 aromatic rings. The molecule has 0 N–H and O–H groups in total. The quantitative estimate of drug-likeness (QED) is 0.552. The smallest absolute Gasteiger partial charge is 0.132 e. The van der Waals surface area contributed by atoms with Crippen LogP contribution in [0.15, 0.2) is 0 Å². The van der Waals surface area contributed by atoms with E-state index >= 15 is 0 Å². The maximum absolute atomic E-state index is 12.4. The summed E-state index contributed by atoms with van der Waals surface area (Å²) in [4.78, 5) is 0. The fraction of sp³-hybridized carbons (Fsp3) is 0.857. The minimum Gasteiger partial charge on any atom is -0.260 e. The first-order valence-electron chi connectivity index (χ1n) is 3.32. The summed E-state index contributed by atoms with van der Waals surface area (Å²) >= 11 is 0. The Balaban J connectivity index is 0.000000810. The summed E-state index contributed by atoms with van der Waals surface area (Å²) in [5.41, 5.74) is 0. The van der Waals surface area contributed by atoms with Gasteiger partial charge in [-0.1, -0.05) is 13.3 Å². The van der Waals surface area contributed by atoms with Crippen molar-refractivity contribution in [3.05, 3.63) is 6.42 Å². The summed E-state index contributed by atoms with van der Waals surface area (Å²) in [6.45, 7) is 1.88. The predicted molar refractivity (Wildman–Crippen MR) is 32.3 cm³/mol. The number of hydrogen-bond donors (Lipinski definition) is 0. The molecule has 0 amide bonds. The molecule has 0 nitrogen and oxygen atoms in total. The summed E-state index contributed by atoms with van der Waals surface area (Å²) < 4.78 is 24.8. The van der Waals surface area contributed by atoms with Gasteiger partial charge < -0.3 is 0 Å². The normalized spacial score (nSPS) is 30.9. The van der Waals surface area contributed by atoms with E-state index in [4.69, 9.17) is 0 Å². The van der Waals surface area contributed by atoms with E-state index in [1.807, 2.05) is 6.92 Å². The van der Waals surface area contributed by atoms with E-state index in [0.29, 0.717) is 6.42 Å². The van der Waals surface area contributed by atoms with E-state index < -0.39 is 5.92 Å². The van der Waals surface area contributed by atoms with Crippen molar-refractivity contribution in [2.24, 2.45) is 5.92 Å². The largest absolute Gasteiger partial charge is 0.260 e. The molecule has 1 rings (SSSR count). The molecular formula is C7H11F2Y-. The molecule has 1 saturated carbocycles. The molecule has 0 saturated heterocycles. The maximum Gasteiger partial charge on any atom is 0.132 e. The van der Waals surface area contributed by atoms with E-state index in [2.05, 4.69) is 0 Å². The SMILES string of the molecule is CC1CC[CH-]C(F)(F)C1.[Y]. The molecule has 0 aliphatic heterocycles. The number of alkyl halides is 2. The van der Waals surface area contributed by atoms with Gasteiger partial charge in [0.05, 0.1) is 0 Å². The van der Waals surface area contributed by atoms with Crippen molar-refractivity contribution in [3.63, 3.8) is 0 Å². The number of hydrogen-bond acceptors (Lipinski definition) is 0. The van der Waals surface area contributed by atoms with E-state index in [-0.39, 0.29) is 45.0 Å². The number of halogens is 2. The number of rotatable bonds is 0. The van der Waals surface area contributed by atoms with Gasteiger partial charge in [0.25, 0.3) is 0 Å². The standard InChI is InChI=1S/C7H11F2.Y/c1-6-3-2-4-7(8,9)5-6;/h4,6H,2-3,5H2,1H3;/q-1;. The van der Waals surface area contributed by atoms with Crippen LogP contribution in [0.25, 0.3) is 0 Å². The van der Waals surface area contributed by atoms with E-state index in [9.17, 15) is 8.78 Å². The minimum absolute atomic E-state index is 0. The van der Waals surface area contributed by atoms with Crippen molar-refractivity contribution in [1.29, 1.82) is 0 Å². The molecule has 0 aromatic heterocycles. The van der Waals surface area contributed by atoms with Gasteiger partial charge in [0, 0.05) is 32.7 Å². The van der Waals surface area contributed by atoms with Crippen molar-refractivity contribution >= 4 is 0 Å². The second kappa shape index (κ2) is 4.11. The molecule has 1 unspecified atom stereocenters. The Morgan fingerprint density at radius 2 is 2.10 bits per heavy atom. The Hall–Kier alpha value is 0.964. The Labute approximate surface area is 85.6 Å². The third kappa shape index (κ3) is 3.38. The molecule has 57 valence electrons. The van der Waals surface area contributed by atoms with Gasteiger partial charge >= 0.3 is 0 Å². The van der Waals surface area contributed by atoms with Crippen molar-refractivity contribution in [2.45, 2.75) is 32.1 Å². The summed E-state index contributed by atoms with van der Waals surface area (Å²) in [7, 11) is 0. The van der Waals surface area contributed by atoms with E-state index in [0.717, 1.165) is 12.8 Å². The van der Waals surface area contributed by atoms with Crippen LogP contribution in [-0.4, -0.2) is 5.92 Å². The predicted octanol–water partition coefficient (Wildman–Crippen LogP) is 2.64. The van der Waals surface area contributed by atoms with Gasteiger partial charge in [0.2, 0.25) is 0 Å². The molecule has 1 atom stereocenters. The van der Waals surface area contributed by atoms with Gasteiger partial charge in [-0.25, -0.2) is 8.78 Å². The van der Waals surface area contributed by atoms with Crippen LogP contribution in [-0.2, 0) is 32.7 Å². The van der Waals surface area contributed by atoms with Gasteiger partial charge in [-0.2, -0.15) is 6.42 Å². The topological polar surface area (TPSA) is 0 Å². The molecule has 1 radical (unpaired) electrons. The molecule has 0 aromatic carbocycles. The van der Waals surface area contributed by atoms with Crippen molar-refractivity contribution in [1.82, 2.24) is 0 Å². The van der Waals surface area contributed by atoms with E-state index in [1.54, 1.807) is 0 Å². The van der Waals surface area contributed by atoms with Crippen molar-refractivity contribution in [3.8, 4) is 0 Å². The van der Waals surface area contributed by atoms with E-state index in [1.165, 1.54) is 0 Å². The van der Waals surface area contributed by atoms with Crippen LogP contribution in [0.2, 0.25) is 0 Å². The fourth-order valence-electron chi connectivity index (χ4n) is 1.23. The Kier molecular flexibility index (Phi) is 4.50. The Morgan fingerprint density at radius 1 is 1.50 bits per heavy atom. The molecule has 3 heteroatoms. The molecule has 1 fully saturated rings. The molecular weight excluding hydrogens is 211 g/mol. The summed E-state index contributed by atoms with van der Waals surface area (Å²) in [6, 6.07) is 0.